The molecule has 1 aromatic heterocycles. The number of fused-ring (bicyclic) bond motifs is 1. The summed E-state index contributed by atoms with van der Waals surface area (Å²) >= 11 is 0. The first-order chi connectivity index (χ1) is 11.3. The fraction of sp³-hybridized carbons (Fsp3) is 0.556. The Morgan fingerprint density at radius 3 is 2.78 bits per heavy atom. The Labute approximate surface area is 137 Å². The van der Waals surface area contributed by atoms with Crippen LogP contribution in [-0.2, 0) is 11.3 Å². The van der Waals surface area contributed by atoms with Crippen LogP contribution in [0.1, 0.15) is 30.8 Å². The van der Waals surface area contributed by atoms with E-state index in [9.17, 15) is 0 Å². The smallest absolute Gasteiger partial charge is 0.143 e. The van der Waals surface area contributed by atoms with E-state index in [0.29, 0.717) is 12.7 Å². The van der Waals surface area contributed by atoms with E-state index in [1.807, 2.05) is 12.1 Å². The summed E-state index contributed by atoms with van der Waals surface area (Å²) in [5, 5.41) is 9.93. The molecule has 1 aromatic carbocycles. The molecular weight excluding hydrogens is 290 g/mol. The molecule has 1 aliphatic heterocycles. The highest BCUT2D eigenvalue weighted by molar-refractivity contribution is 5.80. The molecule has 0 bridgehead atoms. The lowest BCUT2D eigenvalue weighted by atomic mass is 10.1. The second-order valence-corrected chi connectivity index (χ2v) is 6.17. The van der Waals surface area contributed by atoms with Crippen molar-refractivity contribution in [2.24, 2.45) is 0 Å². The van der Waals surface area contributed by atoms with Crippen molar-refractivity contribution in [3.8, 4) is 0 Å². The average Bonchev–Trinajstić information content (AvgIpc) is 2.57. The monoisotopic (exact) mass is 315 g/mol. The van der Waals surface area contributed by atoms with Crippen LogP contribution in [0.4, 0.5) is 0 Å². The molecule has 124 valence electrons. The second-order valence-electron chi connectivity index (χ2n) is 6.17. The van der Waals surface area contributed by atoms with Crippen molar-refractivity contribution in [3.63, 3.8) is 0 Å². The molecule has 3 rings (SSSR count). The van der Waals surface area contributed by atoms with Gasteiger partial charge in [-0.25, -0.2) is 9.97 Å². The summed E-state index contributed by atoms with van der Waals surface area (Å²) in [6, 6.07) is 8.17. The summed E-state index contributed by atoms with van der Waals surface area (Å²) in [6.45, 7) is 5.74. The fourth-order valence-corrected chi connectivity index (χ4v) is 3.11. The molecule has 5 nitrogen and oxygen atoms in total. The van der Waals surface area contributed by atoms with Crippen molar-refractivity contribution in [1.29, 1.82) is 0 Å². The third-order valence-corrected chi connectivity index (χ3v) is 4.40. The number of hydrogen-bond donors (Lipinski definition) is 1. The highest BCUT2D eigenvalue weighted by atomic mass is 16.5. The molecule has 2 heterocycles. The van der Waals surface area contributed by atoms with Crippen LogP contribution in [0.3, 0.4) is 0 Å². The summed E-state index contributed by atoms with van der Waals surface area (Å²) in [6.07, 6.45) is 3.14. The van der Waals surface area contributed by atoms with Gasteiger partial charge in [0, 0.05) is 37.4 Å². The van der Waals surface area contributed by atoms with Crippen molar-refractivity contribution in [2.75, 3.05) is 26.3 Å². The number of aromatic nitrogens is 2. The van der Waals surface area contributed by atoms with Crippen LogP contribution >= 0.6 is 0 Å². The Kier molecular flexibility index (Phi) is 5.54. The van der Waals surface area contributed by atoms with E-state index in [-0.39, 0.29) is 6.61 Å². The van der Waals surface area contributed by atoms with E-state index in [0.717, 1.165) is 61.3 Å². The molecule has 5 heteroatoms. The number of aryl methyl sites for hydroxylation is 1. The second kappa shape index (κ2) is 7.81. The van der Waals surface area contributed by atoms with Gasteiger partial charge in [-0.1, -0.05) is 18.2 Å². The minimum Gasteiger partial charge on any atom is -0.396 e. The number of aliphatic hydroxyl groups is 1. The highest BCUT2D eigenvalue weighted by Crippen LogP contribution is 2.18. The zero-order valence-electron chi connectivity index (χ0n) is 13.7. The molecule has 2 aromatic rings. The first-order valence-electron chi connectivity index (χ1n) is 8.43. The first-order valence-corrected chi connectivity index (χ1v) is 8.43. The lowest BCUT2D eigenvalue weighted by Crippen LogP contribution is -2.37. The number of para-hydroxylation sites is 1. The van der Waals surface area contributed by atoms with Crippen molar-refractivity contribution in [3.05, 3.63) is 35.8 Å². The van der Waals surface area contributed by atoms with Gasteiger partial charge in [-0.05, 0) is 32.3 Å². The van der Waals surface area contributed by atoms with Crippen LogP contribution in [0.25, 0.3) is 10.9 Å². The van der Waals surface area contributed by atoms with Gasteiger partial charge in [-0.2, -0.15) is 0 Å². The third kappa shape index (κ3) is 4.25. The maximum Gasteiger partial charge on any atom is 0.143 e. The number of benzene rings is 1. The standard InChI is InChI=1S/C18H25N3O2/c1-14-16-5-2-3-6-17(16)20-18(19-14)13-21-9-7-15(8-10-21)23-12-4-11-22/h2-3,5-6,15,22H,4,7-13H2,1H3. The molecule has 1 fully saturated rings. The Morgan fingerprint density at radius 1 is 1.22 bits per heavy atom. The maximum atomic E-state index is 8.80. The number of nitrogens with zero attached hydrogens (tertiary/aromatic N) is 3. The summed E-state index contributed by atoms with van der Waals surface area (Å²) in [5.74, 6) is 0.904. The number of hydrogen-bond acceptors (Lipinski definition) is 5. The number of rotatable bonds is 6. The lowest BCUT2D eigenvalue weighted by molar-refractivity contribution is 0.000354. The van der Waals surface area contributed by atoms with E-state index >= 15 is 0 Å². The predicted octanol–water partition coefficient (Wildman–Crippen LogP) is 2.30. The molecule has 0 spiro atoms. The van der Waals surface area contributed by atoms with Crippen LogP contribution in [0, 0.1) is 6.92 Å². The van der Waals surface area contributed by atoms with Gasteiger partial charge in [-0.15, -0.1) is 0 Å². The van der Waals surface area contributed by atoms with Gasteiger partial charge in [0.25, 0.3) is 0 Å². The van der Waals surface area contributed by atoms with E-state index in [1.165, 1.54) is 0 Å². The molecule has 0 amide bonds. The summed E-state index contributed by atoms with van der Waals surface area (Å²) in [5.41, 5.74) is 2.07. The van der Waals surface area contributed by atoms with Gasteiger partial charge in [0.15, 0.2) is 0 Å². The maximum absolute atomic E-state index is 8.80. The van der Waals surface area contributed by atoms with E-state index < -0.39 is 0 Å². The quantitative estimate of drug-likeness (QED) is 0.829. The molecule has 1 aliphatic rings. The Morgan fingerprint density at radius 2 is 2.00 bits per heavy atom. The van der Waals surface area contributed by atoms with Crippen molar-refractivity contribution in [1.82, 2.24) is 14.9 Å². The SMILES string of the molecule is Cc1nc(CN2CCC(OCCCO)CC2)nc2ccccc12. The Hall–Kier alpha value is -1.56. The number of likely N-dealkylation sites (tertiary alicyclic amines) is 1. The first kappa shape index (κ1) is 16.3. The molecular formula is C18H25N3O2. The molecule has 0 saturated carbocycles. The highest BCUT2D eigenvalue weighted by Gasteiger charge is 2.20. The van der Waals surface area contributed by atoms with Gasteiger partial charge in [0.05, 0.1) is 18.2 Å². The molecule has 1 saturated heterocycles. The Bertz CT molecular complexity index is 639. The molecule has 1 N–H and O–H groups in total. The van der Waals surface area contributed by atoms with Crippen molar-refractivity contribution in [2.45, 2.75) is 38.8 Å². The lowest BCUT2D eigenvalue weighted by Gasteiger charge is -2.31. The van der Waals surface area contributed by atoms with Crippen LogP contribution < -0.4 is 0 Å². The number of piperidine rings is 1. The van der Waals surface area contributed by atoms with E-state index in [4.69, 9.17) is 14.8 Å². The summed E-state index contributed by atoms with van der Waals surface area (Å²) in [7, 11) is 0. The zero-order valence-corrected chi connectivity index (χ0v) is 13.7. The van der Waals surface area contributed by atoms with Gasteiger partial charge in [-0.3, -0.25) is 4.90 Å². The van der Waals surface area contributed by atoms with Gasteiger partial charge in [0.2, 0.25) is 0 Å². The molecule has 0 unspecified atom stereocenters. The molecule has 0 aliphatic carbocycles. The third-order valence-electron chi connectivity index (χ3n) is 4.40. The zero-order chi connectivity index (χ0) is 16.1. The van der Waals surface area contributed by atoms with Crippen LogP contribution in [-0.4, -0.2) is 52.4 Å². The van der Waals surface area contributed by atoms with Crippen molar-refractivity contribution < 1.29 is 9.84 Å². The molecule has 23 heavy (non-hydrogen) atoms. The van der Waals surface area contributed by atoms with Crippen molar-refractivity contribution >= 4 is 10.9 Å². The molecule has 0 atom stereocenters. The van der Waals surface area contributed by atoms with Gasteiger partial charge < -0.3 is 9.84 Å². The van der Waals surface area contributed by atoms with Crippen LogP contribution in [0.2, 0.25) is 0 Å². The van der Waals surface area contributed by atoms with Crippen LogP contribution in [0.5, 0.6) is 0 Å². The summed E-state index contributed by atoms with van der Waals surface area (Å²) in [4.78, 5) is 11.8. The predicted molar refractivity (Wildman–Crippen MR) is 90.2 cm³/mol. The average molecular weight is 315 g/mol. The largest absolute Gasteiger partial charge is 0.396 e. The van der Waals surface area contributed by atoms with E-state index in [2.05, 4.69) is 28.9 Å². The normalized spacial score (nSPS) is 17.0. The van der Waals surface area contributed by atoms with Gasteiger partial charge in [0.1, 0.15) is 5.82 Å². The topological polar surface area (TPSA) is 58.5 Å². The number of aliphatic hydroxyl groups excluding tert-OH is 1. The number of ether oxygens (including phenoxy) is 1. The van der Waals surface area contributed by atoms with E-state index in [1.54, 1.807) is 0 Å². The van der Waals surface area contributed by atoms with Crippen LogP contribution in [0.15, 0.2) is 24.3 Å². The minimum atomic E-state index is 0.206. The molecule has 0 radical (unpaired) electrons. The fourth-order valence-electron chi connectivity index (χ4n) is 3.11. The Balaban J connectivity index is 1.56. The summed E-state index contributed by atoms with van der Waals surface area (Å²) < 4.78 is 5.78. The van der Waals surface area contributed by atoms with Gasteiger partial charge >= 0.3 is 0 Å². The minimum absolute atomic E-state index is 0.206.